The fourth-order valence-electron chi connectivity index (χ4n) is 1.35. The van der Waals surface area contributed by atoms with Gasteiger partial charge in [0, 0.05) is 12.7 Å². The lowest BCUT2D eigenvalue weighted by molar-refractivity contribution is -0.136. The van der Waals surface area contributed by atoms with Gasteiger partial charge in [-0.05, 0) is 18.1 Å². The number of aryl methyl sites for hydroxylation is 1. The van der Waals surface area contributed by atoms with E-state index in [-0.39, 0.29) is 18.4 Å². The van der Waals surface area contributed by atoms with E-state index >= 15 is 0 Å². The maximum atomic E-state index is 13.7. The average molecular weight is 264 g/mol. The Morgan fingerprint density at radius 2 is 1.94 bits per heavy atom. The Hall–Kier alpha value is -1.50. The van der Waals surface area contributed by atoms with Crippen molar-refractivity contribution in [2.75, 3.05) is 6.26 Å². The van der Waals surface area contributed by atoms with Gasteiger partial charge in [-0.25, -0.2) is 17.2 Å². The lowest BCUT2D eigenvalue weighted by atomic mass is 10.1. The third-order valence-corrected chi connectivity index (χ3v) is 3.22. The molecule has 0 heterocycles. The highest BCUT2D eigenvalue weighted by molar-refractivity contribution is 7.90. The standard InChI is InChI=1S/C10H10F2O4S/c1-17(15,16)10-7(11)4-2-6(9(10)12)3-5-8(13)14/h2,4H,3,5H2,1H3,(H,13,14). The van der Waals surface area contributed by atoms with Crippen molar-refractivity contribution in [2.45, 2.75) is 17.7 Å². The van der Waals surface area contributed by atoms with Crippen LogP contribution in [0.2, 0.25) is 0 Å². The van der Waals surface area contributed by atoms with Crippen LogP contribution in [0.15, 0.2) is 17.0 Å². The first-order valence-corrected chi connectivity index (χ1v) is 6.51. The molecule has 0 radical (unpaired) electrons. The largest absolute Gasteiger partial charge is 0.481 e. The maximum absolute atomic E-state index is 13.7. The monoisotopic (exact) mass is 264 g/mol. The molecule has 1 N–H and O–H groups in total. The lowest BCUT2D eigenvalue weighted by Crippen LogP contribution is -2.08. The summed E-state index contributed by atoms with van der Waals surface area (Å²) in [6.45, 7) is 0. The van der Waals surface area contributed by atoms with E-state index in [0.717, 1.165) is 12.1 Å². The van der Waals surface area contributed by atoms with Crippen molar-refractivity contribution in [2.24, 2.45) is 0 Å². The Kier molecular flexibility index (Phi) is 3.82. The molecular formula is C10H10F2O4S. The molecule has 0 saturated carbocycles. The molecule has 0 atom stereocenters. The zero-order chi connectivity index (χ0) is 13.2. The first kappa shape index (κ1) is 13.6. The highest BCUT2D eigenvalue weighted by Crippen LogP contribution is 2.22. The molecule has 17 heavy (non-hydrogen) atoms. The number of carboxylic acid groups (broad SMARTS) is 1. The first-order valence-electron chi connectivity index (χ1n) is 4.62. The molecule has 1 rings (SSSR count). The van der Waals surface area contributed by atoms with Crippen LogP contribution in [0.5, 0.6) is 0 Å². The van der Waals surface area contributed by atoms with Crippen LogP contribution in [0.3, 0.4) is 0 Å². The van der Waals surface area contributed by atoms with Crippen molar-refractivity contribution in [1.29, 1.82) is 0 Å². The second-order valence-corrected chi connectivity index (χ2v) is 5.47. The minimum absolute atomic E-state index is 0.130. The molecule has 0 spiro atoms. The average Bonchev–Trinajstić information content (AvgIpc) is 2.14. The van der Waals surface area contributed by atoms with Gasteiger partial charge < -0.3 is 5.11 Å². The minimum atomic E-state index is -4.02. The van der Waals surface area contributed by atoms with Crippen molar-refractivity contribution in [3.05, 3.63) is 29.3 Å². The second-order valence-electron chi connectivity index (χ2n) is 3.52. The van der Waals surface area contributed by atoms with E-state index in [1.165, 1.54) is 0 Å². The van der Waals surface area contributed by atoms with Gasteiger partial charge in [0.1, 0.15) is 16.5 Å². The number of hydrogen-bond acceptors (Lipinski definition) is 3. The van der Waals surface area contributed by atoms with Crippen molar-refractivity contribution in [3.8, 4) is 0 Å². The molecule has 1 aromatic rings. The maximum Gasteiger partial charge on any atom is 0.303 e. The van der Waals surface area contributed by atoms with Crippen molar-refractivity contribution < 1.29 is 27.1 Å². The van der Waals surface area contributed by atoms with Crippen molar-refractivity contribution >= 4 is 15.8 Å². The molecule has 0 aromatic heterocycles. The van der Waals surface area contributed by atoms with E-state index in [9.17, 15) is 22.0 Å². The number of carboxylic acids is 1. The van der Waals surface area contributed by atoms with Crippen LogP contribution in [-0.2, 0) is 21.1 Å². The van der Waals surface area contributed by atoms with E-state index < -0.39 is 32.3 Å². The minimum Gasteiger partial charge on any atom is -0.481 e. The van der Waals surface area contributed by atoms with Crippen molar-refractivity contribution in [1.82, 2.24) is 0 Å². The van der Waals surface area contributed by atoms with Gasteiger partial charge in [0.25, 0.3) is 0 Å². The van der Waals surface area contributed by atoms with Crippen LogP contribution in [0.1, 0.15) is 12.0 Å². The summed E-state index contributed by atoms with van der Waals surface area (Å²) in [5.74, 6) is -3.53. The first-order chi connectivity index (χ1) is 7.73. The zero-order valence-electron chi connectivity index (χ0n) is 8.91. The van der Waals surface area contributed by atoms with Gasteiger partial charge in [0.15, 0.2) is 9.84 Å². The molecule has 0 fully saturated rings. The highest BCUT2D eigenvalue weighted by atomic mass is 32.2. The third-order valence-electron chi connectivity index (χ3n) is 2.11. The number of sulfone groups is 1. The number of hydrogen-bond donors (Lipinski definition) is 1. The molecule has 0 saturated heterocycles. The van der Waals surface area contributed by atoms with Crippen LogP contribution < -0.4 is 0 Å². The fourth-order valence-corrected chi connectivity index (χ4v) is 2.23. The predicted molar refractivity (Wildman–Crippen MR) is 55.4 cm³/mol. The molecule has 0 bridgehead atoms. The number of carbonyl (C=O) groups is 1. The second kappa shape index (κ2) is 4.79. The van der Waals surface area contributed by atoms with Crippen LogP contribution in [0.25, 0.3) is 0 Å². The van der Waals surface area contributed by atoms with E-state index in [1.807, 2.05) is 0 Å². The van der Waals surface area contributed by atoms with Gasteiger partial charge in [-0.3, -0.25) is 4.79 Å². The molecule has 94 valence electrons. The Balaban J connectivity index is 3.25. The Labute approximate surface area is 96.8 Å². The van der Waals surface area contributed by atoms with E-state index in [0.29, 0.717) is 6.26 Å². The predicted octanol–water partition coefficient (Wildman–Crippen LogP) is 1.39. The molecule has 1 aromatic carbocycles. The van der Waals surface area contributed by atoms with E-state index in [1.54, 1.807) is 0 Å². The van der Waals surface area contributed by atoms with Gasteiger partial charge in [0.05, 0.1) is 0 Å². The van der Waals surface area contributed by atoms with Gasteiger partial charge >= 0.3 is 5.97 Å². The normalized spacial score (nSPS) is 11.5. The Morgan fingerprint density at radius 3 is 2.41 bits per heavy atom. The topological polar surface area (TPSA) is 71.4 Å². The molecule has 0 aliphatic heterocycles. The highest BCUT2D eigenvalue weighted by Gasteiger charge is 2.22. The summed E-state index contributed by atoms with van der Waals surface area (Å²) in [5.41, 5.74) is -0.130. The Bertz CT molecular complexity index is 552. The van der Waals surface area contributed by atoms with E-state index in [4.69, 9.17) is 5.11 Å². The Morgan fingerprint density at radius 1 is 1.35 bits per heavy atom. The summed E-state index contributed by atoms with van der Waals surface area (Å²) in [7, 11) is -4.02. The smallest absolute Gasteiger partial charge is 0.303 e. The summed E-state index contributed by atoms with van der Waals surface area (Å²) in [6.07, 6.45) is 0.144. The molecular weight excluding hydrogens is 254 g/mol. The van der Waals surface area contributed by atoms with Crippen LogP contribution in [0, 0.1) is 11.6 Å². The number of aliphatic carboxylic acids is 1. The molecule has 0 aliphatic carbocycles. The molecule has 4 nitrogen and oxygen atoms in total. The summed E-state index contributed by atoms with van der Waals surface area (Å²) in [4.78, 5) is 9.30. The van der Waals surface area contributed by atoms with Crippen LogP contribution in [-0.4, -0.2) is 25.7 Å². The summed E-state index contributed by atoms with van der Waals surface area (Å²) >= 11 is 0. The molecule has 0 aliphatic rings. The summed E-state index contributed by atoms with van der Waals surface area (Å²) in [6, 6.07) is 1.86. The van der Waals surface area contributed by atoms with Crippen molar-refractivity contribution in [3.63, 3.8) is 0 Å². The SMILES string of the molecule is CS(=O)(=O)c1c(F)ccc(CCC(=O)O)c1F. The fraction of sp³-hybridized carbons (Fsp3) is 0.300. The number of rotatable bonds is 4. The number of halogens is 2. The summed E-state index contributed by atoms with van der Waals surface area (Å²) < 4.78 is 49.2. The van der Waals surface area contributed by atoms with E-state index in [2.05, 4.69) is 0 Å². The van der Waals surface area contributed by atoms with Gasteiger partial charge in [-0.1, -0.05) is 6.07 Å². The molecule has 0 amide bonds. The van der Waals surface area contributed by atoms with Gasteiger partial charge in [-0.2, -0.15) is 0 Å². The lowest BCUT2D eigenvalue weighted by Gasteiger charge is -2.07. The number of benzene rings is 1. The van der Waals surface area contributed by atoms with Crippen LogP contribution in [0.4, 0.5) is 8.78 Å². The third kappa shape index (κ3) is 3.23. The zero-order valence-corrected chi connectivity index (χ0v) is 9.72. The van der Waals surface area contributed by atoms with Gasteiger partial charge in [0.2, 0.25) is 0 Å². The molecule has 7 heteroatoms. The van der Waals surface area contributed by atoms with Gasteiger partial charge in [-0.15, -0.1) is 0 Å². The van der Waals surface area contributed by atoms with Crippen LogP contribution >= 0.6 is 0 Å². The summed E-state index contributed by atoms with van der Waals surface area (Å²) in [5, 5.41) is 8.43. The molecule has 0 unspecified atom stereocenters. The quantitative estimate of drug-likeness (QED) is 0.892.